The molecule has 1 fully saturated rings. The van der Waals surface area contributed by atoms with E-state index in [1.165, 1.54) is 18.9 Å². The smallest absolute Gasteiger partial charge is 0.338 e. The van der Waals surface area contributed by atoms with Crippen LogP contribution in [0.25, 0.3) is 0 Å². The number of esters is 2. The minimum Gasteiger partial charge on any atom is -0.467 e. The highest BCUT2D eigenvalue weighted by atomic mass is 32.2. The Morgan fingerprint density at radius 2 is 1.69 bits per heavy atom. The van der Waals surface area contributed by atoms with E-state index in [0.717, 1.165) is 17.7 Å². The van der Waals surface area contributed by atoms with Crippen molar-refractivity contribution < 1.29 is 33.6 Å². The van der Waals surface area contributed by atoms with Crippen molar-refractivity contribution in [3.05, 3.63) is 66.2 Å². The zero-order chi connectivity index (χ0) is 22.9. The number of methoxy groups -OCH3 is 1. The molecule has 7 nitrogen and oxygen atoms in total. The molecule has 0 amide bonds. The molecule has 172 valence electrons. The van der Waals surface area contributed by atoms with E-state index in [9.17, 15) is 14.7 Å². The molecule has 1 aliphatic rings. The Labute approximate surface area is 192 Å². The fourth-order valence-electron chi connectivity index (χ4n) is 3.31. The molecule has 0 aromatic heterocycles. The van der Waals surface area contributed by atoms with Gasteiger partial charge >= 0.3 is 11.9 Å². The van der Waals surface area contributed by atoms with Crippen molar-refractivity contribution in [2.45, 2.75) is 54.5 Å². The Morgan fingerprint density at radius 1 is 1.03 bits per heavy atom. The first-order valence-electron chi connectivity index (χ1n) is 10.6. The molecule has 1 heterocycles. The van der Waals surface area contributed by atoms with Gasteiger partial charge < -0.3 is 24.1 Å². The summed E-state index contributed by atoms with van der Waals surface area (Å²) in [6, 6.07) is 18.0. The largest absolute Gasteiger partial charge is 0.467 e. The average molecular weight is 461 g/mol. The Morgan fingerprint density at radius 3 is 2.31 bits per heavy atom. The van der Waals surface area contributed by atoms with Gasteiger partial charge in [-0.3, -0.25) is 0 Å². The maximum Gasteiger partial charge on any atom is 0.338 e. The Bertz CT molecular complexity index is 861. The second kappa shape index (κ2) is 12.0. The van der Waals surface area contributed by atoms with E-state index in [1.807, 2.05) is 37.3 Å². The van der Waals surface area contributed by atoms with Crippen LogP contribution in [0, 0.1) is 0 Å². The predicted molar refractivity (Wildman–Crippen MR) is 119 cm³/mol. The summed E-state index contributed by atoms with van der Waals surface area (Å²) in [6.07, 6.45) is -2.91. The number of hydrogen-bond donors (Lipinski definition) is 1. The zero-order valence-corrected chi connectivity index (χ0v) is 18.9. The predicted octanol–water partition coefficient (Wildman–Crippen LogP) is 3.45. The topological polar surface area (TPSA) is 91.3 Å². The summed E-state index contributed by atoms with van der Waals surface area (Å²) in [5.74, 6) is -1.28. The first kappa shape index (κ1) is 24.3. The van der Waals surface area contributed by atoms with Crippen molar-refractivity contribution in [3.63, 3.8) is 0 Å². The van der Waals surface area contributed by atoms with E-state index in [0.29, 0.717) is 12.2 Å². The molecule has 0 radical (unpaired) electrons. The summed E-state index contributed by atoms with van der Waals surface area (Å²) in [5, 5.41) is 10.9. The molecule has 2 aromatic carbocycles. The lowest BCUT2D eigenvalue weighted by Crippen LogP contribution is -2.61. The third-order valence-corrected chi connectivity index (χ3v) is 6.17. The molecule has 0 spiro atoms. The minimum atomic E-state index is -1.36. The molecule has 2 aromatic rings. The van der Waals surface area contributed by atoms with Crippen molar-refractivity contribution in [3.8, 4) is 0 Å². The number of carbonyl (C=O) groups excluding carboxylic acids is 2. The molecule has 3 rings (SSSR count). The van der Waals surface area contributed by atoms with Crippen LogP contribution < -0.4 is 0 Å². The molecule has 1 saturated heterocycles. The van der Waals surface area contributed by atoms with Crippen molar-refractivity contribution in [2.24, 2.45) is 0 Å². The highest BCUT2D eigenvalue weighted by Gasteiger charge is 2.51. The molecule has 1 N–H and O–H groups in total. The summed E-state index contributed by atoms with van der Waals surface area (Å²) >= 11 is 1.29. The van der Waals surface area contributed by atoms with Crippen LogP contribution in [0.5, 0.6) is 0 Å². The van der Waals surface area contributed by atoms with Gasteiger partial charge in [0.05, 0.1) is 12.7 Å². The number of rotatable bonds is 9. The van der Waals surface area contributed by atoms with E-state index in [2.05, 4.69) is 0 Å². The van der Waals surface area contributed by atoms with Crippen LogP contribution in [0.15, 0.2) is 65.6 Å². The lowest BCUT2D eigenvalue weighted by atomic mass is 9.99. The van der Waals surface area contributed by atoms with Gasteiger partial charge in [-0.05, 0) is 30.7 Å². The number of unbranched alkanes of at least 4 members (excludes halogenated alkanes) is 1. The summed E-state index contributed by atoms with van der Waals surface area (Å²) in [4.78, 5) is 26.0. The monoisotopic (exact) mass is 460 g/mol. The van der Waals surface area contributed by atoms with Crippen molar-refractivity contribution in [1.29, 1.82) is 0 Å². The molecule has 0 bridgehead atoms. The second-order valence-corrected chi connectivity index (χ2v) is 8.47. The summed E-state index contributed by atoms with van der Waals surface area (Å²) < 4.78 is 22.5. The molecule has 8 heteroatoms. The number of aliphatic hydroxyl groups is 1. The molecule has 3 unspecified atom stereocenters. The first-order valence-corrected chi connectivity index (χ1v) is 11.4. The number of thioether (sulfide) groups is 1. The molecule has 1 aliphatic heterocycles. The number of benzene rings is 2. The molecule has 0 saturated carbocycles. The highest BCUT2D eigenvalue weighted by molar-refractivity contribution is 7.99. The quantitative estimate of drug-likeness (QED) is 0.450. The van der Waals surface area contributed by atoms with Gasteiger partial charge in [-0.2, -0.15) is 0 Å². The van der Waals surface area contributed by atoms with Gasteiger partial charge in [0, 0.05) is 11.5 Å². The first-order chi connectivity index (χ1) is 15.5. The van der Waals surface area contributed by atoms with E-state index >= 15 is 0 Å². The number of hydrogen-bond acceptors (Lipinski definition) is 8. The number of aliphatic hydroxyl groups excluding tert-OH is 1. The van der Waals surface area contributed by atoms with Crippen molar-refractivity contribution in [1.82, 2.24) is 0 Å². The van der Waals surface area contributed by atoms with Crippen molar-refractivity contribution in [2.75, 3.05) is 13.7 Å². The van der Waals surface area contributed by atoms with E-state index in [-0.39, 0.29) is 0 Å². The average Bonchev–Trinajstić information content (AvgIpc) is 2.83. The fraction of sp³-hybridized carbons (Fsp3) is 0.417. The molecule has 5 atom stereocenters. The standard InChI is InChI=1S/C24H28O7S/c1-3-4-15-29-19-18(25)20(23(27)28-2)31-24(32-17-13-9-6-10-14-17)21(19)30-22(26)16-11-7-5-8-12-16/h5-14,18-21,24-25H,3-4,15H2,1-2H3/t18-,19?,20?,21?,24-/m0/s1. The SMILES string of the molecule is CCCCOC1C(OC(=O)c2ccccc2)[C@H](Sc2ccccc2)OC(C(=O)OC)[C@H]1O. The molecule has 32 heavy (non-hydrogen) atoms. The zero-order valence-electron chi connectivity index (χ0n) is 18.1. The lowest BCUT2D eigenvalue weighted by molar-refractivity contribution is -0.222. The molecule has 0 aliphatic carbocycles. The second-order valence-electron chi connectivity index (χ2n) is 7.29. The number of carbonyl (C=O) groups is 2. The molecular formula is C24H28O7S. The maximum absolute atomic E-state index is 12.8. The van der Waals surface area contributed by atoms with Gasteiger partial charge in [-0.15, -0.1) is 0 Å². The normalized spacial score (nSPS) is 25.2. The van der Waals surface area contributed by atoms with Gasteiger partial charge in [0.1, 0.15) is 17.6 Å². The van der Waals surface area contributed by atoms with E-state index < -0.39 is 41.8 Å². The van der Waals surface area contributed by atoms with Crippen LogP contribution in [0.2, 0.25) is 0 Å². The Kier molecular flexibility index (Phi) is 9.11. The van der Waals surface area contributed by atoms with Gasteiger partial charge in [-0.25, -0.2) is 9.59 Å². The van der Waals surface area contributed by atoms with Crippen LogP contribution in [-0.2, 0) is 23.7 Å². The van der Waals surface area contributed by atoms with Gasteiger partial charge in [-0.1, -0.05) is 61.5 Å². The van der Waals surface area contributed by atoms with Crippen LogP contribution in [0.1, 0.15) is 30.1 Å². The highest BCUT2D eigenvalue weighted by Crippen LogP contribution is 2.36. The van der Waals surface area contributed by atoms with Gasteiger partial charge in [0.15, 0.2) is 12.2 Å². The summed E-state index contributed by atoms with van der Waals surface area (Å²) in [7, 11) is 1.23. The van der Waals surface area contributed by atoms with E-state index in [1.54, 1.807) is 30.3 Å². The van der Waals surface area contributed by atoms with Gasteiger partial charge in [0.2, 0.25) is 0 Å². The van der Waals surface area contributed by atoms with Crippen LogP contribution >= 0.6 is 11.8 Å². The van der Waals surface area contributed by atoms with Crippen LogP contribution in [-0.4, -0.2) is 60.6 Å². The van der Waals surface area contributed by atoms with Crippen LogP contribution in [0.3, 0.4) is 0 Å². The van der Waals surface area contributed by atoms with E-state index in [4.69, 9.17) is 18.9 Å². The lowest BCUT2D eigenvalue weighted by Gasteiger charge is -2.42. The fourth-order valence-corrected chi connectivity index (χ4v) is 4.41. The maximum atomic E-state index is 12.8. The number of ether oxygens (including phenoxy) is 4. The molecular weight excluding hydrogens is 432 g/mol. The summed E-state index contributed by atoms with van der Waals surface area (Å²) in [6.45, 7) is 2.36. The van der Waals surface area contributed by atoms with Crippen molar-refractivity contribution >= 4 is 23.7 Å². The third kappa shape index (κ3) is 6.10. The van der Waals surface area contributed by atoms with Crippen LogP contribution in [0.4, 0.5) is 0 Å². The minimum absolute atomic E-state index is 0.341. The van der Waals surface area contributed by atoms with Gasteiger partial charge in [0.25, 0.3) is 0 Å². The summed E-state index contributed by atoms with van der Waals surface area (Å²) in [5.41, 5.74) is -0.433. The Balaban J connectivity index is 1.91. The third-order valence-electron chi connectivity index (χ3n) is 5.01. The Hall–Kier alpha value is -2.39.